The third kappa shape index (κ3) is 3.24. The highest BCUT2D eigenvalue weighted by molar-refractivity contribution is 5.51. The summed E-state index contributed by atoms with van der Waals surface area (Å²) < 4.78 is 14.1. The van der Waals surface area contributed by atoms with Gasteiger partial charge in [-0.2, -0.15) is 0 Å². The molecule has 1 unspecified atom stereocenters. The van der Waals surface area contributed by atoms with Gasteiger partial charge in [0.2, 0.25) is 0 Å². The van der Waals surface area contributed by atoms with Gasteiger partial charge in [-0.05, 0) is 44.0 Å². The van der Waals surface area contributed by atoms with Gasteiger partial charge in [0.1, 0.15) is 5.82 Å². The predicted octanol–water partition coefficient (Wildman–Crippen LogP) is 3.97. The van der Waals surface area contributed by atoms with Crippen molar-refractivity contribution in [2.45, 2.75) is 26.8 Å². The van der Waals surface area contributed by atoms with Crippen LogP contribution < -0.4 is 10.6 Å². The van der Waals surface area contributed by atoms with E-state index in [1.165, 1.54) is 22.8 Å². The largest absolute Gasteiger partial charge is 0.361 e. The molecule has 2 aromatic rings. The number of para-hydroxylation sites is 1. The Hall–Kier alpha value is -1.87. The van der Waals surface area contributed by atoms with Crippen LogP contribution in [0.4, 0.5) is 10.1 Å². The molecule has 0 spiro atoms. The number of aryl methyl sites for hydroxylation is 2. The monoisotopic (exact) mass is 286 g/mol. The second-order valence-electron chi connectivity index (χ2n) is 5.35. The molecule has 2 N–H and O–H groups in total. The molecule has 0 fully saturated rings. The Labute approximate surface area is 126 Å². The maximum Gasteiger partial charge on any atom is 0.146 e. The molecule has 21 heavy (non-hydrogen) atoms. The van der Waals surface area contributed by atoms with Gasteiger partial charge in [0.05, 0.1) is 11.7 Å². The number of benzene rings is 2. The van der Waals surface area contributed by atoms with Crippen LogP contribution in [0.15, 0.2) is 42.5 Å². The third-order valence-electron chi connectivity index (χ3n) is 3.90. The SMILES string of the molecule is CCN(c1ccccc1F)C(CN)c1cc(C)ccc1C. The van der Waals surface area contributed by atoms with Gasteiger partial charge in [0.25, 0.3) is 0 Å². The minimum Gasteiger partial charge on any atom is -0.361 e. The first-order valence-corrected chi connectivity index (χ1v) is 7.36. The smallest absolute Gasteiger partial charge is 0.146 e. The summed E-state index contributed by atoms with van der Waals surface area (Å²) >= 11 is 0. The molecule has 0 saturated carbocycles. The first kappa shape index (κ1) is 15.5. The quantitative estimate of drug-likeness (QED) is 0.901. The molecule has 0 saturated heterocycles. The molecule has 0 aromatic heterocycles. The van der Waals surface area contributed by atoms with Crippen molar-refractivity contribution in [3.63, 3.8) is 0 Å². The van der Waals surface area contributed by atoms with Crippen molar-refractivity contribution in [1.82, 2.24) is 0 Å². The van der Waals surface area contributed by atoms with E-state index in [4.69, 9.17) is 5.73 Å². The Morgan fingerprint density at radius 3 is 2.48 bits per heavy atom. The number of likely N-dealkylation sites (N-methyl/N-ethyl adjacent to an activating group) is 1. The summed E-state index contributed by atoms with van der Waals surface area (Å²) in [4.78, 5) is 2.04. The van der Waals surface area contributed by atoms with Crippen molar-refractivity contribution < 1.29 is 4.39 Å². The van der Waals surface area contributed by atoms with Crippen LogP contribution >= 0.6 is 0 Å². The summed E-state index contributed by atoms with van der Waals surface area (Å²) in [7, 11) is 0. The molecule has 2 aromatic carbocycles. The van der Waals surface area contributed by atoms with Crippen LogP contribution in [0.5, 0.6) is 0 Å². The molecule has 0 aliphatic rings. The molecule has 3 heteroatoms. The van der Waals surface area contributed by atoms with E-state index in [0.717, 1.165) is 0 Å². The third-order valence-corrected chi connectivity index (χ3v) is 3.90. The van der Waals surface area contributed by atoms with Crippen molar-refractivity contribution in [2.75, 3.05) is 18.0 Å². The summed E-state index contributed by atoms with van der Waals surface area (Å²) in [5, 5.41) is 0. The van der Waals surface area contributed by atoms with Crippen molar-refractivity contribution in [1.29, 1.82) is 0 Å². The maximum absolute atomic E-state index is 14.1. The average Bonchev–Trinajstić information content (AvgIpc) is 2.48. The standard InChI is InChI=1S/C18H23FN2/c1-4-21(17-8-6-5-7-16(17)19)18(12-20)15-11-13(2)9-10-14(15)3/h5-11,18H,4,12,20H2,1-3H3. The van der Waals surface area contributed by atoms with Gasteiger partial charge >= 0.3 is 0 Å². The fraction of sp³-hybridized carbons (Fsp3) is 0.333. The molecule has 0 heterocycles. The summed E-state index contributed by atoms with van der Waals surface area (Å²) in [6.07, 6.45) is 0. The second-order valence-corrected chi connectivity index (χ2v) is 5.35. The Morgan fingerprint density at radius 2 is 1.86 bits per heavy atom. The fourth-order valence-electron chi connectivity index (χ4n) is 2.78. The van der Waals surface area contributed by atoms with Crippen LogP contribution in [0, 0.1) is 19.7 Å². The van der Waals surface area contributed by atoms with Crippen LogP contribution in [-0.2, 0) is 0 Å². The summed E-state index contributed by atoms with van der Waals surface area (Å²) in [5.41, 5.74) is 10.2. The van der Waals surface area contributed by atoms with Crippen LogP contribution in [0.2, 0.25) is 0 Å². The highest BCUT2D eigenvalue weighted by Crippen LogP contribution is 2.30. The molecule has 0 aliphatic carbocycles. The first-order valence-electron chi connectivity index (χ1n) is 7.36. The molecule has 1 atom stereocenters. The number of rotatable bonds is 5. The normalized spacial score (nSPS) is 12.2. The number of hydrogen-bond donors (Lipinski definition) is 1. The second kappa shape index (κ2) is 6.72. The lowest BCUT2D eigenvalue weighted by atomic mass is 9.97. The predicted molar refractivity (Wildman–Crippen MR) is 87.1 cm³/mol. The Bertz CT molecular complexity index is 610. The van der Waals surface area contributed by atoms with Gasteiger partial charge < -0.3 is 10.6 Å². The molecule has 2 nitrogen and oxygen atoms in total. The van der Waals surface area contributed by atoms with Crippen LogP contribution in [0.1, 0.15) is 29.7 Å². The van der Waals surface area contributed by atoms with Crippen molar-refractivity contribution in [3.8, 4) is 0 Å². The molecule has 0 bridgehead atoms. The van der Waals surface area contributed by atoms with Crippen molar-refractivity contribution >= 4 is 5.69 Å². The minimum atomic E-state index is -0.205. The van der Waals surface area contributed by atoms with E-state index in [1.807, 2.05) is 24.0 Å². The van der Waals surface area contributed by atoms with E-state index in [2.05, 4.69) is 32.0 Å². The van der Waals surface area contributed by atoms with E-state index in [9.17, 15) is 4.39 Å². The lowest BCUT2D eigenvalue weighted by molar-refractivity contribution is 0.587. The van der Waals surface area contributed by atoms with E-state index >= 15 is 0 Å². The number of nitrogens with two attached hydrogens (primary N) is 1. The number of halogens is 1. The zero-order valence-electron chi connectivity index (χ0n) is 12.9. The zero-order chi connectivity index (χ0) is 15.4. The summed E-state index contributed by atoms with van der Waals surface area (Å²) in [5.74, 6) is -0.205. The van der Waals surface area contributed by atoms with Crippen molar-refractivity contribution in [3.05, 3.63) is 65.0 Å². The molecule has 112 valence electrons. The highest BCUT2D eigenvalue weighted by atomic mass is 19.1. The fourth-order valence-corrected chi connectivity index (χ4v) is 2.78. The molecular formula is C18H23FN2. The number of nitrogens with zero attached hydrogens (tertiary/aromatic N) is 1. The molecule has 0 aliphatic heterocycles. The lowest BCUT2D eigenvalue weighted by Crippen LogP contribution is -2.34. The van der Waals surface area contributed by atoms with Gasteiger partial charge in [-0.1, -0.05) is 35.9 Å². The Morgan fingerprint density at radius 1 is 1.14 bits per heavy atom. The van der Waals surface area contributed by atoms with Gasteiger partial charge in [-0.3, -0.25) is 0 Å². The van der Waals surface area contributed by atoms with Gasteiger partial charge in [-0.25, -0.2) is 4.39 Å². The number of anilines is 1. The van der Waals surface area contributed by atoms with Gasteiger partial charge in [-0.15, -0.1) is 0 Å². The molecule has 0 radical (unpaired) electrons. The number of hydrogen-bond acceptors (Lipinski definition) is 2. The van der Waals surface area contributed by atoms with E-state index in [1.54, 1.807) is 6.07 Å². The lowest BCUT2D eigenvalue weighted by Gasteiger charge is -2.33. The van der Waals surface area contributed by atoms with Gasteiger partial charge in [0.15, 0.2) is 0 Å². The molecular weight excluding hydrogens is 263 g/mol. The van der Waals surface area contributed by atoms with Crippen LogP contribution in [0.25, 0.3) is 0 Å². The average molecular weight is 286 g/mol. The minimum absolute atomic E-state index is 0.0215. The van der Waals surface area contributed by atoms with E-state index in [0.29, 0.717) is 18.8 Å². The summed E-state index contributed by atoms with van der Waals surface area (Å²) in [6, 6.07) is 13.2. The Kier molecular flexibility index (Phi) is 4.97. The maximum atomic E-state index is 14.1. The topological polar surface area (TPSA) is 29.3 Å². The van der Waals surface area contributed by atoms with E-state index in [-0.39, 0.29) is 11.9 Å². The van der Waals surface area contributed by atoms with Crippen LogP contribution in [0.3, 0.4) is 0 Å². The Balaban J connectivity index is 2.48. The van der Waals surface area contributed by atoms with Gasteiger partial charge in [0, 0.05) is 13.1 Å². The molecule has 2 rings (SSSR count). The van der Waals surface area contributed by atoms with Crippen molar-refractivity contribution in [2.24, 2.45) is 5.73 Å². The zero-order valence-corrected chi connectivity index (χ0v) is 12.9. The molecule has 0 amide bonds. The summed E-state index contributed by atoms with van der Waals surface area (Å²) in [6.45, 7) is 7.32. The van der Waals surface area contributed by atoms with Crippen LogP contribution in [-0.4, -0.2) is 13.1 Å². The van der Waals surface area contributed by atoms with E-state index < -0.39 is 0 Å². The first-order chi connectivity index (χ1) is 10.1. The highest BCUT2D eigenvalue weighted by Gasteiger charge is 2.22.